The van der Waals surface area contributed by atoms with Crippen LogP contribution in [0.3, 0.4) is 0 Å². The fourth-order valence-corrected chi connectivity index (χ4v) is 2.31. The average molecular weight is 270 g/mol. The molecule has 1 unspecified atom stereocenters. The topological polar surface area (TPSA) is 38.9 Å². The normalized spacial score (nSPS) is 12.6. The minimum atomic E-state index is -0.909. The molecule has 0 bridgehead atoms. The number of hydrogen-bond acceptors (Lipinski definition) is 2. The summed E-state index contributed by atoms with van der Waals surface area (Å²) in [5.41, 5.74) is 7.61. The molecule has 1 atom stereocenters. The van der Waals surface area contributed by atoms with Crippen LogP contribution >= 0.6 is 0 Å². The minimum absolute atomic E-state index is 0.128. The number of halogens is 2. The van der Waals surface area contributed by atoms with Crippen molar-refractivity contribution in [3.8, 4) is 0 Å². The SMILES string of the molecule is NC(c1cccc(F)c1F)c1cccc2cccnc12. The molecular formula is C16H12F2N2. The van der Waals surface area contributed by atoms with Crippen LogP contribution in [0.2, 0.25) is 0 Å². The minimum Gasteiger partial charge on any atom is -0.320 e. The predicted molar refractivity (Wildman–Crippen MR) is 74.1 cm³/mol. The molecule has 0 saturated carbocycles. The molecule has 0 radical (unpaired) electrons. The molecule has 2 N–H and O–H groups in total. The molecular weight excluding hydrogens is 258 g/mol. The van der Waals surface area contributed by atoms with Gasteiger partial charge in [0.2, 0.25) is 0 Å². The van der Waals surface area contributed by atoms with Crippen molar-refractivity contribution in [2.45, 2.75) is 6.04 Å². The lowest BCUT2D eigenvalue weighted by Gasteiger charge is -2.15. The van der Waals surface area contributed by atoms with E-state index in [4.69, 9.17) is 5.73 Å². The lowest BCUT2D eigenvalue weighted by Crippen LogP contribution is -2.15. The number of para-hydroxylation sites is 1. The Hall–Kier alpha value is -2.33. The Morgan fingerprint density at radius 2 is 1.60 bits per heavy atom. The maximum atomic E-state index is 13.9. The van der Waals surface area contributed by atoms with Gasteiger partial charge in [0.15, 0.2) is 11.6 Å². The molecule has 4 heteroatoms. The maximum absolute atomic E-state index is 13.9. The molecule has 2 aromatic carbocycles. The molecule has 1 aromatic heterocycles. The highest BCUT2D eigenvalue weighted by Crippen LogP contribution is 2.28. The third-order valence-corrected chi connectivity index (χ3v) is 3.32. The Kier molecular flexibility index (Phi) is 3.16. The number of rotatable bonds is 2. The van der Waals surface area contributed by atoms with Gasteiger partial charge >= 0.3 is 0 Å². The van der Waals surface area contributed by atoms with Crippen LogP contribution in [0.1, 0.15) is 17.2 Å². The predicted octanol–water partition coefficient (Wildman–Crippen LogP) is 3.56. The smallest absolute Gasteiger partial charge is 0.163 e. The number of fused-ring (bicyclic) bond motifs is 1. The van der Waals surface area contributed by atoms with Crippen LogP contribution < -0.4 is 5.73 Å². The molecule has 2 nitrogen and oxygen atoms in total. The zero-order chi connectivity index (χ0) is 14.1. The third kappa shape index (κ3) is 2.04. The molecule has 0 fully saturated rings. The highest BCUT2D eigenvalue weighted by Gasteiger charge is 2.18. The molecule has 0 spiro atoms. The number of benzene rings is 2. The van der Waals surface area contributed by atoms with Crippen molar-refractivity contribution >= 4 is 10.9 Å². The molecule has 3 rings (SSSR count). The number of aromatic nitrogens is 1. The number of hydrogen-bond donors (Lipinski definition) is 1. The molecule has 1 heterocycles. The summed E-state index contributed by atoms with van der Waals surface area (Å²) < 4.78 is 27.2. The van der Waals surface area contributed by atoms with Gasteiger partial charge in [0.25, 0.3) is 0 Å². The lowest BCUT2D eigenvalue weighted by atomic mass is 9.96. The third-order valence-electron chi connectivity index (χ3n) is 3.32. The lowest BCUT2D eigenvalue weighted by molar-refractivity contribution is 0.494. The monoisotopic (exact) mass is 270 g/mol. The van der Waals surface area contributed by atoms with Gasteiger partial charge < -0.3 is 5.73 Å². The van der Waals surface area contributed by atoms with Crippen molar-refractivity contribution in [1.82, 2.24) is 4.98 Å². The van der Waals surface area contributed by atoms with E-state index in [1.807, 2.05) is 24.3 Å². The Morgan fingerprint density at radius 1 is 0.900 bits per heavy atom. The van der Waals surface area contributed by atoms with E-state index in [-0.39, 0.29) is 5.56 Å². The van der Waals surface area contributed by atoms with Gasteiger partial charge in [-0.3, -0.25) is 4.98 Å². The number of pyridine rings is 1. The Balaban J connectivity index is 2.18. The van der Waals surface area contributed by atoms with E-state index in [0.717, 1.165) is 11.5 Å². The zero-order valence-electron chi connectivity index (χ0n) is 10.6. The van der Waals surface area contributed by atoms with Crippen molar-refractivity contribution in [3.63, 3.8) is 0 Å². The molecule has 0 aliphatic rings. The van der Waals surface area contributed by atoms with Crippen LogP contribution in [0.4, 0.5) is 8.78 Å². The van der Waals surface area contributed by atoms with Crippen LogP contribution in [0.5, 0.6) is 0 Å². The molecule has 100 valence electrons. The highest BCUT2D eigenvalue weighted by molar-refractivity contribution is 5.82. The summed E-state index contributed by atoms with van der Waals surface area (Å²) in [5.74, 6) is -1.81. The summed E-state index contributed by atoms with van der Waals surface area (Å²) in [5, 5.41) is 0.914. The van der Waals surface area contributed by atoms with Crippen LogP contribution in [0.15, 0.2) is 54.7 Å². The van der Waals surface area contributed by atoms with Gasteiger partial charge in [-0.05, 0) is 17.7 Å². The van der Waals surface area contributed by atoms with E-state index in [1.54, 1.807) is 12.3 Å². The summed E-state index contributed by atoms with van der Waals surface area (Å²) in [4.78, 5) is 4.28. The van der Waals surface area contributed by atoms with Gasteiger partial charge in [0.05, 0.1) is 11.6 Å². The first-order valence-corrected chi connectivity index (χ1v) is 6.21. The Labute approximate surface area is 114 Å². The number of nitrogens with two attached hydrogens (primary N) is 1. The van der Waals surface area contributed by atoms with Crippen LogP contribution in [-0.4, -0.2) is 4.98 Å². The van der Waals surface area contributed by atoms with Crippen molar-refractivity contribution in [2.75, 3.05) is 0 Å². The first kappa shape index (κ1) is 12.7. The van der Waals surface area contributed by atoms with Gasteiger partial charge in [-0.2, -0.15) is 0 Å². The maximum Gasteiger partial charge on any atom is 0.163 e. The molecule has 20 heavy (non-hydrogen) atoms. The zero-order valence-corrected chi connectivity index (χ0v) is 10.6. The summed E-state index contributed by atoms with van der Waals surface area (Å²) >= 11 is 0. The molecule has 0 amide bonds. The van der Waals surface area contributed by atoms with Gasteiger partial charge in [-0.15, -0.1) is 0 Å². The van der Waals surface area contributed by atoms with Crippen LogP contribution in [0, 0.1) is 11.6 Å². The van der Waals surface area contributed by atoms with Gasteiger partial charge in [0, 0.05) is 17.1 Å². The quantitative estimate of drug-likeness (QED) is 0.773. The van der Waals surface area contributed by atoms with Crippen molar-refractivity contribution in [1.29, 1.82) is 0 Å². The largest absolute Gasteiger partial charge is 0.320 e. The van der Waals surface area contributed by atoms with E-state index in [9.17, 15) is 8.78 Å². The molecule has 3 aromatic rings. The van der Waals surface area contributed by atoms with Gasteiger partial charge in [-0.25, -0.2) is 8.78 Å². The summed E-state index contributed by atoms with van der Waals surface area (Å²) in [6.45, 7) is 0. The van der Waals surface area contributed by atoms with E-state index in [2.05, 4.69) is 4.98 Å². The fourth-order valence-electron chi connectivity index (χ4n) is 2.31. The standard InChI is InChI=1S/C16H12F2N2/c17-13-8-2-6-11(14(13)18)15(19)12-7-1-4-10-5-3-9-20-16(10)12/h1-9,15H,19H2. The van der Waals surface area contributed by atoms with E-state index < -0.39 is 17.7 Å². The summed E-state index contributed by atoms with van der Waals surface area (Å²) in [7, 11) is 0. The second-order valence-corrected chi connectivity index (χ2v) is 4.54. The van der Waals surface area contributed by atoms with Crippen molar-refractivity contribution < 1.29 is 8.78 Å². The van der Waals surface area contributed by atoms with Crippen LogP contribution in [-0.2, 0) is 0 Å². The second kappa shape index (κ2) is 4.98. The second-order valence-electron chi connectivity index (χ2n) is 4.54. The highest BCUT2D eigenvalue weighted by atomic mass is 19.2. The molecule has 0 saturated heterocycles. The van der Waals surface area contributed by atoms with E-state index >= 15 is 0 Å². The Bertz CT molecular complexity index is 766. The average Bonchev–Trinajstić information content (AvgIpc) is 2.49. The summed E-state index contributed by atoms with van der Waals surface area (Å²) in [6.07, 6.45) is 1.65. The molecule has 0 aliphatic heterocycles. The van der Waals surface area contributed by atoms with Crippen molar-refractivity contribution in [2.24, 2.45) is 5.73 Å². The van der Waals surface area contributed by atoms with E-state index in [0.29, 0.717) is 11.1 Å². The van der Waals surface area contributed by atoms with E-state index in [1.165, 1.54) is 12.1 Å². The van der Waals surface area contributed by atoms with Gasteiger partial charge in [-0.1, -0.05) is 36.4 Å². The van der Waals surface area contributed by atoms with Crippen LogP contribution in [0.25, 0.3) is 10.9 Å². The summed E-state index contributed by atoms with van der Waals surface area (Å²) in [6, 6.07) is 12.5. The van der Waals surface area contributed by atoms with Gasteiger partial charge in [0.1, 0.15) is 0 Å². The van der Waals surface area contributed by atoms with Crippen molar-refractivity contribution in [3.05, 3.63) is 77.5 Å². The fraction of sp³-hybridized carbons (Fsp3) is 0.0625. The molecule has 0 aliphatic carbocycles. The first-order chi connectivity index (χ1) is 9.68. The number of nitrogens with zero attached hydrogens (tertiary/aromatic N) is 1. The first-order valence-electron chi connectivity index (χ1n) is 6.21. The Morgan fingerprint density at radius 3 is 2.45 bits per heavy atom.